The lowest BCUT2D eigenvalue weighted by Gasteiger charge is -2.35. The van der Waals surface area contributed by atoms with Crippen molar-refractivity contribution in [1.29, 1.82) is 0 Å². The summed E-state index contributed by atoms with van der Waals surface area (Å²) in [5, 5.41) is 0. The Bertz CT molecular complexity index is 1480. The highest BCUT2D eigenvalue weighted by Gasteiger charge is 2.50. The summed E-state index contributed by atoms with van der Waals surface area (Å²) in [6.07, 6.45) is 9.77. The molecular weight excluding hydrogens is 574 g/mol. The minimum absolute atomic E-state index is 0.0380. The maximum absolute atomic E-state index is 14.3. The average Bonchev–Trinajstić information content (AvgIpc) is 3.74. The summed E-state index contributed by atoms with van der Waals surface area (Å²) >= 11 is 0. The lowest BCUT2D eigenvalue weighted by molar-refractivity contribution is -0.162. The zero-order valence-corrected chi connectivity index (χ0v) is 27.0. The molecule has 0 unspecified atom stereocenters. The van der Waals surface area contributed by atoms with Crippen molar-refractivity contribution in [3.8, 4) is 11.6 Å². The van der Waals surface area contributed by atoms with Crippen LogP contribution in [0.3, 0.4) is 0 Å². The van der Waals surface area contributed by atoms with Gasteiger partial charge in [0.2, 0.25) is 11.8 Å². The zero-order chi connectivity index (χ0) is 31.9. The maximum Gasteiger partial charge on any atom is 0.328 e. The van der Waals surface area contributed by atoms with E-state index in [9.17, 15) is 14.4 Å². The topological polar surface area (TPSA) is 117 Å². The van der Waals surface area contributed by atoms with Crippen LogP contribution in [0.15, 0.2) is 24.3 Å². The average molecular weight is 620 g/mol. The number of hydrogen-bond donors (Lipinski definition) is 0. The Morgan fingerprint density at radius 2 is 1.80 bits per heavy atom. The van der Waals surface area contributed by atoms with Gasteiger partial charge in [0.1, 0.15) is 29.7 Å². The summed E-state index contributed by atoms with van der Waals surface area (Å²) in [6, 6.07) is 4.67. The fourth-order valence-corrected chi connectivity index (χ4v) is 7.94. The number of rotatable bonds is 2. The van der Waals surface area contributed by atoms with Gasteiger partial charge in [-0.1, -0.05) is 26.8 Å². The van der Waals surface area contributed by atoms with Crippen molar-refractivity contribution >= 4 is 35.0 Å². The fraction of sp³-hybridized carbons (Fsp3) is 0.629. The van der Waals surface area contributed by atoms with Gasteiger partial charge in [-0.25, -0.2) is 14.8 Å². The standard InChI is InChI=1S/C35H45N3O7/c1-35(2,3)25-18-30(39)45-31-21-12-11-20(15-21)24(31)9-7-6-8-10-27-32(37-28-16-22(42-4)13-14-26(28)36-27)44-23-17-29(34(41)43-5)38(19-23)33(25)40/h8,10,13-14,16,20-21,23-25,29,31H,6-7,9,11-12,15,17-19H2,1-5H3/b10-8+/t20-,21+,23-,24-,25-,29+,31-/m1/s1. The molecule has 4 bridgehead atoms. The van der Waals surface area contributed by atoms with Crippen molar-refractivity contribution in [1.82, 2.24) is 14.9 Å². The van der Waals surface area contributed by atoms with Crippen molar-refractivity contribution in [3.05, 3.63) is 30.0 Å². The summed E-state index contributed by atoms with van der Waals surface area (Å²) < 4.78 is 23.2. The minimum Gasteiger partial charge on any atom is -0.497 e. The number of nitrogens with zero attached hydrogens (tertiary/aromatic N) is 3. The maximum atomic E-state index is 14.3. The molecule has 242 valence electrons. The molecule has 45 heavy (non-hydrogen) atoms. The van der Waals surface area contributed by atoms with Crippen LogP contribution in [-0.2, 0) is 23.9 Å². The van der Waals surface area contributed by atoms with E-state index < -0.39 is 29.4 Å². The van der Waals surface area contributed by atoms with Gasteiger partial charge in [0.15, 0.2) is 0 Å². The van der Waals surface area contributed by atoms with Crippen molar-refractivity contribution in [2.45, 2.75) is 90.4 Å². The molecule has 6 rings (SSSR count). The highest BCUT2D eigenvalue weighted by molar-refractivity contribution is 5.89. The Labute approximate surface area is 264 Å². The lowest BCUT2D eigenvalue weighted by Crippen LogP contribution is -2.48. The van der Waals surface area contributed by atoms with E-state index in [1.165, 1.54) is 18.4 Å². The van der Waals surface area contributed by atoms with Crippen LogP contribution in [0.2, 0.25) is 0 Å². The van der Waals surface area contributed by atoms with Gasteiger partial charge in [0.05, 0.1) is 44.1 Å². The summed E-state index contributed by atoms with van der Waals surface area (Å²) in [5.74, 6) is 0.480. The van der Waals surface area contributed by atoms with Gasteiger partial charge in [0, 0.05) is 12.5 Å². The number of hydrogen-bond acceptors (Lipinski definition) is 9. The number of methoxy groups -OCH3 is 2. The first-order valence-electron chi connectivity index (χ1n) is 16.3. The number of ether oxygens (including phenoxy) is 4. The van der Waals surface area contributed by atoms with Gasteiger partial charge in [-0.3, -0.25) is 9.59 Å². The predicted molar refractivity (Wildman–Crippen MR) is 167 cm³/mol. The summed E-state index contributed by atoms with van der Waals surface area (Å²) in [5.41, 5.74) is 1.37. The fourth-order valence-electron chi connectivity index (χ4n) is 7.94. The Kier molecular flexibility index (Phi) is 8.76. The second kappa shape index (κ2) is 12.6. The minimum atomic E-state index is -0.849. The molecule has 0 spiro atoms. The van der Waals surface area contributed by atoms with Crippen LogP contribution in [0.4, 0.5) is 0 Å². The molecule has 3 heterocycles. The molecule has 7 atom stereocenters. The van der Waals surface area contributed by atoms with Gasteiger partial charge in [0.25, 0.3) is 0 Å². The van der Waals surface area contributed by atoms with Gasteiger partial charge in [-0.2, -0.15) is 0 Å². The molecule has 1 aromatic carbocycles. The van der Waals surface area contributed by atoms with Gasteiger partial charge < -0.3 is 23.8 Å². The Morgan fingerprint density at radius 1 is 1.00 bits per heavy atom. The van der Waals surface area contributed by atoms with E-state index >= 15 is 0 Å². The molecule has 2 aliphatic carbocycles. The first-order chi connectivity index (χ1) is 21.5. The third-order valence-corrected chi connectivity index (χ3v) is 10.3. The molecule has 10 nitrogen and oxygen atoms in total. The SMILES string of the molecule is COC(=O)[C@@H]1C[C@@H]2CN1C(=O)[C@H](C(C)(C)C)CC(=O)O[C@@H]1[C@H]3CC[C@H](C3)[C@H]1CCC/C=C/c1nc3ccc(OC)cc3nc1O2. The molecule has 1 saturated heterocycles. The molecule has 3 fully saturated rings. The molecule has 0 N–H and O–H groups in total. The second-order valence-corrected chi connectivity index (χ2v) is 14.2. The zero-order valence-electron chi connectivity index (χ0n) is 27.0. The molecule has 10 heteroatoms. The first kappa shape index (κ1) is 31.3. The molecule has 2 saturated carbocycles. The highest BCUT2D eigenvalue weighted by atomic mass is 16.5. The van der Waals surface area contributed by atoms with Crippen LogP contribution in [0.1, 0.15) is 77.8 Å². The van der Waals surface area contributed by atoms with Gasteiger partial charge >= 0.3 is 11.9 Å². The quantitative estimate of drug-likeness (QED) is 0.409. The van der Waals surface area contributed by atoms with Crippen molar-refractivity contribution in [2.75, 3.05) is 20.8 Å². The Hall–Kier alpha value is -3.69. The van der Waals surface area contributed by atoms with E-state index in [2.05, 4.69) is 6.08 Å². The normalized spacial score (nSPS) is 31.3. The smallest absolute Gasteiger partial charge is 0.328 e. The molecule has 0 radical (unpaired) electrons. The number of carbonyl (C=O) groups is 3. The van der Waals surface area contributed by atoms with E-state index in [1.54, 1.807) is 7.11 Å². The predicted octanol–water partition coefficient (Wildman–Crippen LogP) is 5.37. The number of esters is 2. The van der Waals surface area contributed by atoms with Crippen LogP contribution in [0, 0.1) is 29.1 Å². The Balaban J connectivity index is 1.37. The molecular formula is C35H45N3O7. The van der Waals surface area contributed by atoms with Crippen LogP contribution < -0.4 is 9.47 Å². The molecule has 1 aromatic heterocycles. The Morgan fingerprint density at radius 3 is 2.56 bits per heavy atom. The van der Waals surface area contributed by atoms with E-state index in [0.717, 1.165) is 32.1 Å². The number of fused-ring (bicyclic) bond motifs is 9. The largest absolute Gasteiger partial charge is 0.497 e. The van der Waals surface area contributed by atoms with E-state index in [1.807, 2.05) is 45.0 Å². The number of benzene rings is 1. The van der Waals surface area contributed by atoms with Crippen LogP contribution >= 0.6 is 0 Å². The molecule has 2 aliphatic heterocycles. The number of amides is 1. The highest BCUT2D eigenvalue weighted by Crippen LogP contribution is 2.52. The van der Waals surface area contributed by atoms with Crippen LogP contribution in [0.25, 0.3) is 17.1 Å². The van der Waals surface area contributed by atoms with E-state index in [-0.39, 0.29) is 37.4 Å². The molecule has 2 aromatic rings. The van der Waals surface area contributed by atoms with Crippen molar-refractivity contribution in [2.24, 2.45) is 29.1 Å². The third-order valence-electron chi connectivity index (χ3n) is 10.3. The lowest BCUT2D eigenvalue weighted by atomic mass is 9.77. The van der Waals surface area contributed by atoms with Crippen molar-refractivity contribution in [3.63, 3.8) is 0 Å². The number of carbonyl (C=O) groups excluding carboxylic acids is 3. The number of aromatic nitrogens is 2. The van der Waals surface area contributed by atoms with E-state index in [4.69, 9.17) is 28.9 Å². The summed E-state index contributed by atoms with van der Waals surface area (Å²) in [4.78, 5) is 52.0. The van der Waals surface area contributed by atoms with E-state index in [0.29, 0.717) is 46.1 Å². The first-order valence-corrected chi connectivity index (χ1v) is 16.3. The van der Waals surface area contributed by atoms with Gasteiger partial charge in [-0.15, -0.1) is 0 Å². The molecule has 4 aliphatic rings. The monoisotopic (exact) mass is 619 g/mol. The summed E-state index contributed by atoms with van der Waals surface area (Å²) in [6.45, 7) is 5.99. The molecule has 1 amide bonds. The van der Waals surface area contributed by atoms with Crippen molar-refractivity contribution < 1.29 is 33.3 Å². The second-order valence-electron chi connectivity index (χ2n) is 14.2. The third kappa shape index (κ3) is 6.38. The van der Waals surface area contributed by atoms with Gasteiger partial charge in [-0.05, 0) is 79.9 Å². The van der Waals surface area contributed by atoms with Crippen LogP contribution in [-0.4, -0.2) is 71.7 Å². The summed E-state index contributed by atoms with van der Waals surface area (Å²) in [7, 11) is 2.92. The van der Waals surface area contributed by atoms with Crippen LogP contribution in [0.5, 0.6) is 11.6 Å². The number of allylic oxidation sites excluding steroid dienone is 1.